The fourth-order valence-electron chi connectivity index (χ4n) is 5.24. The summed E-state index contributed by atoms with van der Waals surface area (Å²) in [4.78, 5) is 31.0. The van der Waals surface area contributed by atoms with Gasteiger partial charge in [0.25, 0.3) is 5.91 Å². The van der Waals surface area contributed by atoms with E-state index in [0.29, 0.717) is 35.9 Å². The summed E-state index contributed by atoms with van der Waals surface area (Å²) in [5, 5.41) is 6.87. The molecule has 37 heavy (non-hydrogen) atoms. The zero-order valence-corrected chi connectivity index (χ0v) is 21.2. The van der Waals surface area contributed by atoms with Gasteiger partial charge in [-0.3, -0.25) is 9.59 Å². The van der Waals surface area contributed by atoms with Crippen LogP contribution in [0, 0.1) is 6.92 Å². The second-order valence-electron chi connectivity index (χ2n) is 9.43. The Morgan fingerprint density at radius 1 is 1.16 bits per heavy atom. The molecule has 2 aliphatic heterocycles. The van der Waals surface area contributed by atoms with Crippen LogP contribution in [0.5, 0.6) is 5.75 Å². The first-order valence-electron chi connectivity index (χ1n) is 12.8. The molecule has 2 N–H and O–H groups in total. The fourth-order valence-corrected chi connectivity index (χ4v) is 5.24. The minimum atomic E-state index is -0.636. The largest absolute Gasteiger partial charge is 0.494 e. The van der Waals surface area contributed by atoms with Crippen molar-refractivity contribution in [2.45, 2.75) is 25.8 Å². The van der Waals surface area contributed by atoms with Crippen LogP contribution in [0.3, 0.4) is 0 Å². The Labute approximate surface area is 216 Å². The third-order valence-corrected chi connectivity index (χ3v) is 7.04. The summed E-state index contributed by atoms with van der Waals surface area (Å²) >= 11 is 0. The molecule has 3 aromatic rings. The van der Waals surface area contributed by atoms with Crippen LogP contribution >= 0.6 is 0 Å². The number of fused-ring (bicyclic) bond motifs is 1. The van der Waals surface area contributed by atoms with Crippen molar-refractivity contribution in [2.24, 2.45) is 0 Å². The van der Waals surface area contributed by atoms with E-state index in [-0.39, 0.29) is 11.8 Å². The molecule has 2 atom stereocenters. The molecule has 1 saturated heterocycles. The minimum absolute atomic E-state index is 0.0662. The van der Waals surface area contributed by atoms with Crippen molar-refractivity contribution in [3.63, 3.8) is 0 Å². The number of amides is 2. The number of rotatable bonds is 8. The second kappa shape index (κ2) is 11.1. The first-order chi connectivity index (χ1) is 18.0. The molecular weight excluding hydrogens is 472 g/mol. The van der Waals surface area contributed by atoms with Crippen LogP contribution in [0.2, 0.25) is 0 Å². The van der Waals surface area contributed by atoms with Gasteiger partial charge in [-0.2, -0.15) is 0 Å². The number of aromatic nitrogens is 1. The van der Waals surface area contributed by atoms with E-state index in [9.17, 15) is 9.59 Å². The Balaban J connectivity index is 1.54. The maximum Gasteiger partial charge on any atom is 0.254 e. The Bertz CT molecular complexity index is 1240. The number of quaternary nitrogens is 1. The summed E-state index contributed by atoms with van der Waals surface area (Å²) < 4.78 is 16.3. The highest BCUT2D eigenvalue weighted by atomic mass is 16.5. The summed E-state index contributed by atoms with van der Waals surface area (Å²) in [6.07, 6.45) is 0. The fraction of sp³-hybridized carbons (Fsp3) is 0.393. The molecule has 2 amide bonds. The van der Waals surface area contributed by atoms with E-state index in [1.54, 1.807) is 19.1 Å². The van der Waals surface area contributed by atoms with Gasteiger partial charge in [-0.15, -0.1) is 0 Å². The van der Waals surface area contributed by atoms with Gasteiger partial charge in [0.15, 0.2) is 5.82 Å². The molecular formula is C28H33N4O5+. The van der Waals surface area contributed by atoms with Crippen LogP contribution in [-0.4, -0.2) is 67.9 Å². The smallest absolute Gasteiger partial charge is 0.254 e. The zero-order chi connectivity index (χ0) is 25.8. The summed E-state index contributed by atoms with van der Waals surface area (Å²) in [7, 11) is 0. The number of hydrogen-bond donors (Lipinski definition) is 2. The highest BCUT2D eigenvalue weighted by Gasteiger charge is 2.44. The molecule has 1 aromatic heterocycles. The van der Waals surface area contributed by atoms with E-state index in [2.05, 4.69) is 10.5 Å². The number of aryl methyl sites for hydroxylation is 1. The van der Waals surface area contributed by atoms with Gasteiger partial charge in [-0.1, -0.05) is 35.5 Å². The maximum atomic E-state index is 13.9. The molecule has 0 saturated carbocycles. The van der Waals surface area contributed by atoms with Gasteiger partial charge in [0.05, 0.1) is 44.9 Å². The van der Waals surface area contributed by atoms with Crippen LogP contribution in [0.15, 0.2) is 59.1 Å². The van der Waals surface area contributed by atoms with E-state index >= 15 is 0 Å². The number of carbonyl (C=O) groups excluding carboxylic acids is 2. The van der Waals surface area contributed by atoms with Crippen LogP contribution in [-0.2, 0) is 9.53 Å². The van der Waals surface area contributed by atoms with Gasteiger partial charge in [-0.25, -0.2) is 0 Å². The molecule has 9 nitrogen and oxygen atoms in total. The van der Waals surface area contributed by atoms with E-state index in [1.165, 1.54) is 4.90 Å². The van der Waals surface area contributed by atoms with Crippen LogP contribution in [0.4, 0.5) is 5.82 Å². The van der Waals surface area contributed by atoms with Crippen molar-refractivity contribution in [2.75, 3.05) is 51.3 Å². The monoisotopic (exact) mass is 505 g/mol. The lowest BCUT2D eigenvalue weighted by Crippen LogP contribution is -3.14. The number of nitrogens with zero attached hydrogens (tertiary/aromatic N) is 2. The lowest BCUT2D eigenvalue weighted by Gasteiger charge is -2.42. The van der Waals surface area contributed by atoms with Gasteiger partial charge < -0.3 is 29.1 Å². The number of anilines is 1. The number of morpholine rings is 1. The summed E-state index contributed by atoms with van der Waals surface area (Å²) in [5.41, 5.74) is 2.14. The molecule has 9 heteroatoms. The lowest BCUT2D eigenvalue weighted by atomic mass is 9.79. The number of ether oxygens (including phenoxy) is 2. The molecule has 1 fully saturated rings. The predicted octanol–water partition coefficient (Wildman–Crippen LogP) is 2.22. The van der Waals surface area contributed by atoms with Gasteiger partial charge in [-0.05, 0) is 43.2 Å². The Morgan fingerprint density at radius 3 is 2.62 bits per heavy atom. The van der Waals surface area contributed by atoms with Crippen molar-refractivity contribution in [1.29, 1.82) is 0 Å². The van der Waals surface area contributed by atoms with E-state index < -0.39 is 12.0 Å². The average molecular weight is 506 g/mol. The second-order valence-corrected chi connectivity index (χ2v) is 9.43. The summed E-state index contributed by atoms with van der Waals surface area (Å²) in [5.74, 6) is 0.763. The van der Waals surface area contributed by atoms with Crippen molar-refractivity contribution in [3.05, 3.63) is 77.0 Å². The Kier molecular flexibility index (Phi) is 7.52. The van der Waals surface area contributed by atoms with E-state index in [1.807, 2.05) is 54.3 Å². The highest BCUT2D eigenvalue weighted by molar-refractivity contribution is 6.04. The van der Waals surface area contributed by atoms with Crippen molar-refractivity contribution in [1.82, 2.24) is 10.1 Å². The molecule has 0 radical (unpaired) electrons. The molecule has 0 spiro atoms. The number of benzene rings is 2. The molecule has 5 rings (SSSR count). The Hall–Kier alpha value is -3.69. The van der Waals surface area contributed by atoms with Crippen molar-refractivity contribution in [3.8, 4) is 5.75 Å². The maximum absolute atomic E-state index is 13.9. The molecule has 0 aliphatic carbocycles. The topological polar surface area (TPSA) is 98.3 Å². The van der Waals surface area contributed by atoms with Crippen LogP contribution < -0.4 is 15.0 Å². The number of hydrogen-bond acceptors (Lipinski definition) is 6. The minimum Gasteiger partial charge on any atom is -0.494 e. The van der Waals surface area contributed by atoms with Crippen molar-refractivity contribution < 1.29 is 28.5 Å². The summed E-state index contributed by atoms with van der Waals surface area (Å²) in [6.45, 7) is 8.82. The quantitative estimate of drug-likeness (QED) is 0.487. The zero-order valence-electron chi connectivity index (χ0n) is 21.2. The molecule has 0 bridgehead atoms. The third-order valence-electron chi connectivity index (χ3n) is 7.04. The Morgan fingerprint density at radius 2 is 1.92 bits per heavy atom. The third kappa shape index (κ3) is 5.38. The lowest BCUT2D eigenvalue weighted by molar-refractivity contribution is -0.907. The first kappa shape index (κ1) is 25.0. The molecule has 2 unspecified atom stereocenters. The molecule has 2 aromatic carbocycles. The number of carbonyl (C=O) groups is 2. The molecule has 3 heterocycles. The SMILES string of the molecule is CCOc1ccc(C2C(C(=O)Nc3cc(C)on3)c3ccccc3C(=O)N2CC[NH+]2CCOCC2)cc1. The standard InChI is InChI=1S/C28H32N4O5/c1-3-36-21-10-8-20(9-11-21)26-25(27(33)29-24-18-19(2)37-30-24)22-6-4-5-7-23(22)28(34)32(26)13-12-31-14-16-35-17-15-31/h4-11,18,25-26H,3,12-17H2,1-2H3,(H,29,30,33)/p+1. The van der Waals surface area contributed by atoms with Gasteiger partial charge >= 0.3 is 0 Å². The van der Waals surface area contributed by atoms with Gasteiger partial charge in [0.2, 0.25) is 5.91 Å². The predicted molar refractivity (Wildman–Crippen MR) is 137 cm³/mol. The van der Waals surface area contributed by atoms with Crippen molar-refractivity contribution >= 4 is 17.6 Å². The van der Waals surface area contributed by atoms with Gasteiger partial charge in [0, 0.05) is 11.6 Å². The van der Waals surface area contributed by atoms with Crippen LogP contribution in [0.1, 0.15) is 46.1 Å². The average Bonchev–Trinajstić information content (AvgIpc) is 3.33. The highest BCUT2D eigenvalue weighted by Crippen LogP contribution is 2.43. The van der Waals surface area contributed by atoms with E-state index in [0.717, 1.165) is 44.2 Å². The van der Waals surface area contributed by atoms with Gasteiger partial charge in [0.1, 0.15) is 24.6 Å². The molecule has 2 aliphatic rings. The normalized spacial score (nSPS) is 19.9. The number of nitrogens with one attached hydrogen (secondary N) is 2. The molecule has 194 valence electrons. The van der Waals surface area contributed by atoms with Crippen LogP contribution in [0.25, 0.3) is 0 Å². The first-order valence-corrected chi connectivity index (χ1v) is 12.8. The van der Waals surface area contributed by atoms with E-state index in [4.69, 9.17) is 14.0 Å². The summed E-state index contributed by atoms with van der Waals surface area (Å²) in [6, 6.07) is 16.3.